The first kappa shape index (κ1) is 14.2. The number of hydrogen-bond acceptors (Lipinski definition) is 4. The minimum atomic E-state index is -0.282. The summed E-state index contributed by atoms with van der Waals surface area (Å²) in [5.74, 6) is 1.72. The molecular formula is C15H18FN3O. The van der Waals surface area contributed by atoms with E-state index in [0.717, 1.165) is 24.5 Å². The Bertz CT molecular complexity index is 558. The van der Waals surface area contributed by atoms with Gasteiger partial charge in [-0.3, -0.25) is 0 Å². The van der Waals surface area contributed by atoms with Crippen molar-refractivity contribution in [2.75, 3.05) is 11.9 Å². The van der Waals surface area contributed by atoms with Gasteiger partial charge in [0.15, 0.2) is 5.82 Å². The van der Waals surface area contributed by atoms with Gasteiger partial charge in [-0.2, -0.15) is 0 Å². The number of aromatic nitrogens is 2. The first-order valence-corrected chi connectivity index (χ1v) is 6.64. The van der Waals surface area contributed by atoms with Gasteiger partial charge in [-0.15, -0.1) is 0 Å². The molecule has 1 aromatic heterocycles. The van der Waals surface area contributed by atoms with Crippen LogP contribution < -0.4 is 10.1 Å². The highest BCUT2D eigenvalue weighted by molar-refractivity contribution is 5.35. The fraction of sp³-hybridized carbons (Fsp3) is 0.333. The SMILES string of the molecule is CCCNc1cc(C)nc(COc2ccc(F)cc2)n1. The van der Waals surface area contributed by atoms with Gasteiger partial charge in [-0.05, 0) is 37.6 Å². The van der Waals surface area contributed by atoms with Crippen LogP contribution >= 0.6 is 0 Å². The summed E-state index contributed by atoms with van der Waals surface area (Å²) in [7, 11) is 0. The van der Waals surface area contributed by atoms with Gasteiger partial charge in [0.05, 0.1) is 0 Å². The highest BCUT2D eigenvalue weighted by Crippen LogP contribution is 2.13. The van der Waals surface area contributed by atoms with Crippen molar-refractivity contribution in [1.82, 2.24) is 9.97 Å². The molecule has 0 aliphatic heterocycles. The predicted octanol–water partition coefficient (Wildman–Crippen LogP) is 3.33. The Morgan fingerprint density at radius 3 is 2.65 bits per heavy atom. The van der Waals surface area contributed by atoms with Crippen molar-refractivity contribution in [1.29, 1.82) is 0 Å². The van der Waals surface area contributed by atoms with E-state index in [1.165, 1.54) is 12.1 Å². The van der Waals surface area contributed by atoms with Crippen molar-refractivity contribution in [3.8, 4) is 5.75 Å². The fourth-order valence-electron chi connectivity index (χ4n) is 1.72. The molecule has 2 aromatic rings. The molecule has 1 N–H and O–H groups in total. The van der Waals surface area contributed by atoms with E-state index in [9.17, 15) is 4.39 Å². The normalized spacial score (nSPS) is 10.3. The van der Waals surface area contributed by atoms with Crippen molar-refractivity contribution >= 4 is 5.82 Å². The molecular weight excluding hydrogens is 257 g/mol. The molecule has 0 aliphatic rings. The van der Waals surface area contributed by atoms with Crippen LogP contribution in [0, 0.1) is 12.7 Å². The molecule has 0 amide bonds. The molecule has 1 heterocycles. The molecule has 0 saturated heterocycles. The average Bonchev–Trinajstić information content (AvgIpc) is 2.44. The van der Waals surface area contributed by atoms with Crippen LogP contribution in [0.2, 0.25) is 0 Å². The minimum absolute atomic E-state index is 0.258. The number of nitrogens with one attached hydrogen (secondary N) is 1. The third-order valence-corrected chi connectivity index (χ3v) is 2.64. The van der Waals surface area contributed by atoms with Gasteiger partial charge in [0, 0.05) is 18.3 Å². The summed E-state index contributed by atoms with van der Waals surface area (Å²) < 4.78 is 18.3. The van der Waals surface area contributed by atoms with Gasteiger partial charge in [-0.25, -0.2) is 14.4 Å². The number of benzene rings is 1. The van der Waals surface area contributed by atoms with E-state index in [1.807, 2.05) is 13.0 Å². The third-order valence-electron chi connectivity index (χ3n) is 2.64. The van der Waals surface area contributed by atoms with Crippen molar-refractivity contribution in [3.05, 3.63) is 47.7 Å². The standard InChI is InChI=1S/C15H18FN3O/c1-3-8-17-14-9-11(2)18-15(19-14)10-20-13-6-4-12(16)5-7-13/h4-7,9H,3,8,10H2,1-2H3,(H,17,18,19). The number of ether oxygens (including phenoxy) is 1. The second kappa shape index (κ2) is 6.84. The molecule has 0 atom stereocenters. The molecule has 0 unspecified atom stereocenters. The van der Waals surface area contributed by atoms with Crippen molar-refractivity contribution in [2.24, 2.45) is 0 Å². The largest absolute Gasteiger partial charge is 0.486 e. The first-order valence-electron chi connectivity index (χ1n) is 6.64. The number of hydrogen-bond donors (Lipinski definition) is 1. The van der Waals surface area contributed by atoms with Gasteiger partial charge >= 0.3 is 0 Å². The summed E-state index contributed by atoms with van der Waals surface area (Å²) >= 11 is 0. The zero-order valence-electron chi connectivity index (χ0n) is 11.7. The van der Waals surface area contributed by atoms with Crippen LogP contribution in [0.15, 0.2) is 30.3 Å². The Balaban J connectivity index is 2.01. The molecule has 0 spiro atoms. The maximum absolute atomic E-state index is 12.8. The van der Waals surface area contributed by atoms with E-state index in [1.54, 1.807) is 12.1 Å². The van der Waals surface area contributed by atoms with Gasteiger partial charge in [0.1, 0.15) is 24.0 Å². The lowest BCUT2D eigenvalue weighted by Crippen LogP contribution is -2.08. The average molecular weight is 275 g/mol. The number of nitrogens with zero attached hydrogens (tertiary/aromatic N) is 2. The second-order valence-corrected chi connectivity index (χ2v) is 4.48. The third kappa shape index (κ3) is 4.19. The molecule has 4 nitrogen and oxygen atoms in total. The van der Waals surface area contributed by atoms with Crippen LogP contribution in [0.25, 0.3) is 0 Å². The van der Waals surface area contributed by atoms with E-state index in [-0.39, 0.29) is 12.4 Å². The van der Waals surface area contributed by atoms with Gasteiger partial charge in [0.25, 0.3) is 0 Å². The predicted molar refractivity (Wildman–Crippen MR) is 76.3 cm³/mol. The van der Waals surface area contributed by atoms with E-state index in [4.69, 9.17) is 4.74 Å². The zero-order valence-corrected chi connectivity index (χ0v) is 11.7. The number of halogens is 1. The molecule has 0 fully saturated rings. The van der Waals surface area contributed by atoms with E-state index in [0.29, 0.717) is 11.6 Å². The Morgan fingerprint density at radius 2 is 1.95 bits per heavy atom. The molecule has 106 valence electrons. The van der Waals surface area contributed by atoms with E-state index in [2.05, 4.69) is 22.2 Å². The summed E-state index contributed by atoms with van der Waals surface area (Å²) in [5.41, 5.74) is 0.885. The van der Waals surface area contributed by atoms with Gasteiger partial charge < -0.3 is 10.1 Å². The molecule has 0 aliphatic carbocycles. The molecule has 0 radical (unpaired) electrons. The molecule has 0 bridgehead atoms. The summed E-state index contributed by atoms with van der Waals surface area (Å²) in [6.07, 6.45) is 1.03. The molecule has 2 rings (SSSR count). The Morgan fingerprint density at radius 1 is 1.20 bits per heavy atom. The first-order chi connectivity index (χ1) is 9.67. The zero-order chi connectivity index (χ0) is 14.4. The maximum Gasteiger partial charge on any atom is 0.168 e. The summed E-state index contributed by atoms with van der Waals surface area (Å²) in [6, 6.07) is 7.79. The van der Waals surface area contributed by atoms with Crippen LogP contribution in [0.3, 0.4) is 0 Å². The maximum atomic E-state index is 12.8. The van der Waals surface area contributed by atoms with Crippen molar-refractivity contribution in [2.45, 2.75) is 26.9 Å². The summed E-state index contributed by atoms with van der Waals surface area (Å²) in [5, 5.41) is 3.22. The number of anilines is 1. The van der Waals surface area contributed by atoms with Gasteiger partial charge in [0.2, 0.25) is 0 Å². The van der Waals surface area contributed by atoms with Crippen LogP contribution in [-0.2, 0) is 6.61 Å². The van der Waals surface area contributed by atoms with Crippen molar-refractivity contribution in [3.63, 3.8) is 0 Å². The minimum Gasteiger partial charge on any atom is -0.486 e. The quantitative estimate of drug-likeness (QED) is 0.878. The highest BCUT2D eigenvalue weighted by atomic mass is 19.1. The lowest BCUT2D eigenvalue weighted by atomic mass is 10.3. The molecule has 1 aromatic carbocycles. The lowest BCUT2D eigenvalue weighted by molar-refractivity contribution is 0.295. The second-order valence-electron chi connectivity index (χ2n) is 4.48. The lowest BCUT2D eigenvalue weighted by Gasteiger charge is -2.09. The smallest absolute Gasteiger partial charge is 0.168 e. The molecule has 0 saturated carbocycles. The van der Waals surface area contributed by atoms with Crippen molar-refractivity contribution < 1.29 is 9.13 Å². The summed E-state index contributed by atoms with van der Waals surface area (Å²) in [6.45, 7) is 5.14. The number of rotatable bonds is 6. The Labute approximate surface area is 118 Å². The highest BCUT2D eigenvalue weighted by Gasteiger charge is 2.03. The van der Waals surface area contributed by atoms with Crippen LogP contribution in [0.4, 0.5) is 10.2 Å². The Kier molecular flexibility index (Phi) is 4.87. The monoisotopic (exact) mass is 275 g/mol. The van der Waals surface area contributed by atoms with Gasteiger partial charge in [-0.1, -0.05) is 6.92 Å². The number of aryl methyl sites for hydroxylation is 1. The van der Waals surface area contributed by atoms with Crippen LogP contribution in [0.1, 0.15) is 24.9 Å². The topological polar surface area (TPSA) is 47.0 Å². The summed E-state index contributed by atoms with van der Waals surface area (Å²) in [4.78, 5) is 8.71. The van der Waals surface area contributed by atoms with E-state index >= 15 is 0 Å². The molecule has 5 heteroatoms. The Hall–Kier alpha value is -2.17. The van der Waals surface area contributed by atoms with Crippen LogP contribution in [-0.4, -0.2) is 16.5 Å². The van der Waals surface area contributed by atoms with Crippen LogP contribution in [0.5, 0.6) is 5.75 Å². The fourth-order valence-corrected chi connectivity index (χ4v) is 1.72. The van der Waals surface area contributed by atoms with E-state index < -0.39 is 0 Å². The molecule has 20 heavy (non-hydrogen) atoms.